The summed E-state index contributed by atoms with van der Waals surface area (Å²) in [6, 6.07) is 20.2. The first-order chi connectivity index (χ1) is 13.9. The van der Waals surface area contributed by atoms with Crippen molar-refractivity contribution >= 4 is 5.82 Å². The number of hydrogen-bond donors (Lipinski definition) is 1. The fourth-order valence-electron chi connectivity index (χ4n) is 3.14. The van der Waals surface area contributed by atoms with Crippen LogP contribution in [0, 0.1) is 6.92 Å². The molecule has 0 amide bonds. The number of hydrogen-bond acceptors (Lipinski definition) is 4. The minimum atomic E-state index is 0.0388. The lowest BCUT2D eigenvalue weighted by Crippen LogP contribution is -2.16. The van der Waals surface area contributed by atoms with Crippen molar-refractivity contribution in [2.24, 2.45) is 0 Å². The van der Waals surface area contributed by atoms with Crippen LogP contribution in [0.15, 0.2) is 66.9 Å². The number of nitrogens with zero attached hydrogens (tertiary/aromatic N) is 1. The largest absolute Gasteiger partial charge is 0.490 e. The van der Waals surface area contributed by atoms with Crippen LogP contribution in [0.3, 0.4) is 0 Å². The molecule has 3 rings (SSSR count). The summed E-state index contributed by atoms with van der Waals surface area (Å²) < 4.78 is 12.0. The zero-order valence-electron chi connectivity index (χ0n) is 17.7. The number of anilines is 1. The zero-order chi connectivity index (χ0) is 20.7. The van der Waals surface area contributed by atoms with Crippen molar-refractivity contribution in [3.63, 3.8) is 0 Å². The summed E-state index contributed by atoms with van der Waals surface area (Å²) in [5.74, 6) is 2.67. The summed E-state index contributed by atoms with van der Waals surface area (Å²) in [4.78, 5) is 4.28. The lowest BCUT2D eigenvalue weighted by atomic mass is 9.85. The molecule has 0 atom stereocenters. The van der Waals surface area contributed by atoms with Crippen molar-refractivity contribution in [3.05, 3.63) is 83.6 Å². The van der Waals surface area contributed by atoms with Gasteiger partial charge in [-0.2, -0.15) is 0 Å². The Morgan fingerprint density at radius 2 is 1.69 bits per heavy atom. The van der Waals surface area contributed by atoms with Gasteiger partial charge in [0.15, 0.2) is 0 Å². The van der Waals surface area contributed by atoms with Crippen LogP contribution < -0.4 is 14.8 Å². The van der Waals surface area contributed by atoms with Gasteiger partial charge in [0.2, 0.25) is 0 Å². The standard InChI is InChI=1S/C25H30N2O2/c1-19-9-7-12-22(25(2,3)4)24(19)29-16-15-28-21-11-8-10-20(17-21)18-27-23-13-5-6-14-26-23/h5-14,17H,15-16,18H2,1-4H3,(H,26,27). The molecule has 0 saturated carbocycles. The van der Waals surface area contributed by atoms with E-state index in [9.17, 15) is 0 Å². The maximum absolute atomic E-state index is 6.11. The molecule has 1 N–H and O–H groups in total. The summed E-state index contributed by atoms with van der Waals surface area (Å²) in [5, 5.41) is 3.31. The molecule has 1 heterocycles. The zero-order valence-corrected chi connectivity index (χ0v) is 17.7. The molecule has 0 aliphatic carbocycles. The Hall–Kier alpha value is -3.01. The molecular weight excluding hydrogens is 360 g/mol. The Morgan fingerprint density at radius 3 is 2.45 bits per heavy atom. The van der Waals surface area contributed by atoms with Crippen LogP contribution in [0.1, 0.15) is 37.5 Å². The highest BCUT2D eigenvalue weighted by Crippen LogP contribution is 2.33. The van der Waals surface area contributed by atoms with Crippen LogP contribution in [0.25, 0.3) is 0 Å². The molecular formula is C25H30N2O2. The Balaban J connectivity index is 1.53. The van der Waals surface area contributed by atoms with Gasteiger partial charge in [-0.1, -0.05) is 57.2 Å². The van der Waals surface area contributed by atoms with Gasteiger partial charge >= 0.3 is 0 Å². The normalized spacial score (nSPS) is 11.2. The second-order valence-electron chi connectivity index (χ2n) is 8.11. The minimum absolute atomic E-state index is 0.0388. The third kappa shape index (κ3) is 5.98. The molecule has 0 aliphatic heterocycles. The van der Waals surface area contributed by atoms with Crippen molar-refractivity contribution in [2.75, 3.05) is 18.5 Å². The van der Waals surface area contributed by atoms with E-state index in [1.165, 1.54) is 5.56 Å². The molecule has 4 heteroatoms. The average molecular weight is 391 g/mol. The fourth-order valence-corrected chi connectivity index (χ4v) is 3.14. The van der Waals surface area contributed by atoms with E-state index in [1.54, 1.807) is 6.20 Å². The van der Waals surface area contributed by atoms with Crippen molar-refractivity contribution < 1.29 is 9.47 Å². The smallest absolute Gasteiger partial charge is 0.126 e. The lowest BCUT2D eigenvalue weighted by Gasteiger charge is -2.24. The summed E-state index contributed by atoms with van der Waals surface area (Å²) in [5.41, 5.74) is 3.56. The van der Waals surface area contributed by atoms with Gasteiger partial charge in [0.25, 0.3) is 0 Å². The molecule has 2 aromatic carbocycles. The summed E-state index contributed by atoms with van der Waals surface area (Å²) in [6.45, 7) is 10.4. The molecule has 0 bridgehead atoms. The highest BCUT2D eigenvalue weighted by molar-refractivity contribution is 5.44. The van der Waals surface area contributed by atoms with Crippen LogP contribution in [0.2, 0.25) is 0 Å². The summed E-state index contributed by atoms with van der Waals surface area (Å²) in [7, 11) is 0. The Bertz CT molecular complexity index is 918. The molecule has 0 unspecified atom stereocenters. The SMILES string of the molecule is Cc1cccc(C(C)(C)C)c1OCCOc1cccc(CNc2ccccn2)c1. The maximum Gasteiger partial charge on any atom is 0.126 e. The van der Waals surface area contributed by atoms with Crippen LogP contribution in [-0.4, -0.2) is 18.2 Å². The monoisotopic (exact) mass is 390 g/mol. The van der Waals surface area contributed by atoms with Crippen LogP contribution >= 0.6 is 0 Å². The number of benzene rings is 2. The summed E-state index contributed by atoms with van der Waals surface area (Å²) in [6.07, 6.45) is 1.78. The minimum Gasteiger partial charge on any atom is -0.490 e. The number of ether oxygens (including phenoxy) is 2. The fraction of sp³-hybridized carbons (Fsp3) is 0.320. The van der Waals surface area contributed by atoms with E-state index in [1.807, 2.05) is 36.4 Å². The Labute approximate surface area is 173 Å². The van der Waals surface area contributed by atoms with Crippen molar-refractivity contribution in [1.29, 1.82) is 0 Å². The van der Waals surface area contributed by atoms with Gasteiger partial charge in [-0.05, 0) is 53.3 Å². The van der Waals surface area contributed by atoms with E-state index < -0.39 is 0 Å². The predicted octanol–water partition coefficient (Wildman–Crippen LogP) is 5.76. The van der Waals surface area contributed by atoms with Crippen molar-refractivity contribution in [1.82, 2.24) is 4.98 Å². The number of para-hydroxylation sites is 1. The molecule has 0 radical (unpaired) electrons. The molecule has 0 spiro atoms. The van der Waals surface area contributed by atoms with Gasteiger partial charge in [-0.3, -0.25) is 0 Å². The topological polar surface area (TPSA) is 43.4 Å². The van der Waals surface area contributed by atoms with Crippen molar-refractivity contribution in [2.45, 2.75) is 39.7 Å². The third-order valence-corrected chi connectivity index (χ3v) is 4.66. The second-order valence-corrected chi connectivity index (χ2v) is 8.11. The van der Waals surface area contributed by atoms with Gasteiger partial charge in [0, 0.05) is 12.7 Å². The first-order valence-electron chi connectivity index (χ1n) is 10.0. The Morgan fingerprint density at radius 1 is 0.897 bits per heavy atom. The highest BCUT2D eigenvalue weighted by atomic mass is 16.5. The van der Waals surface area contributed by atoms with Gasteiger partial charge in [0.05, 0.1) is 0 Å². The number of rotatable bonds is 8. The first kappa shape index (κ1) is 20.7. The molecule has 4 nitrogen and oxygen atoms in total. The van der Waals surface area contributed by atoms with E-state index in [-0.39, 0.29) is 5.41 Å². The second kappa shape index (κ2) is 9.46. The van der Waals surface area contributed by atoms with E-state index in [2.05, 4.69) is 62.3 Å². The molecule has 152 valence electrons. The third-order valence-electron chi connectivity index (χ3n) is 4.66. The maximum atomic E-state index is 6.11. The molecule has 0 fully saturated rings. The van der Waals surface area contributed by atoms with Gasteiger partial charge in [-0.25, -0.2) is 4.98 Å². The number of nitrogens with one attached hydrogen (secondary N) is 1. The van der Waals surface area contributed by atoms with Gasteiger partial charge in [0.1, 0.15) is 30.5 Å². The number of aryl methyl sites for hydroxylation is 1. The van der Waals surface area contributed by atoms with Crippen molar-refractivity contribution in [3.8, 4) is 11.5 Å². The van der Waals surface area contributed by atoms with Crippen LogP contribution in [0.4, 0.5) is 5.82 Å². The van der Waals surface area contributed by atoms with E-state index in [0.29, 0.717) is 19.8 Å². The molecule has 3 aromatic rings. The predicted molar refractivity (Wildman–Crippen MR) is 119 cm³/mol. The quantitative estimate of drug-likeness (QED) is 0.497. The number of aromatic nitrogens is 1. The van der Waals surface area contributed by atoms with Gasteiger partial charge < -0.3 is 14.8 Å². The highest BCUT2D eigenvalue weighted by Gasteiger charge is 2.20. The van der Waals surface area contributed by atoms with Gasteiger partial charge in [-0.15, -0.1) is 0 Å². The van der Waals surface area contributed by atoms with Crippen LogP contribution in [0.5, 0.6) is 11.5 Å². The first-order valence-corrected chi connectivity index (χ1v) is 10.0. The summed E-state index contributed by atoms with van der Waals surface area (Å²) >= 11 is 0. The Kier molecular flexibility index (Phi) is 6.76. The van der Waals surface area contributed by atoms with E-state index >= 15 is 0 Å². The lowest BCUT2D eigenvalue weighted by molar-refractivity contribution is 0.213. The number of pyridine rings is 1. The van der Waals surface area contributed by atoms with E-state index in [0.717, 1.165) is 28.4 Å². The molecule has 0 saturated heterocycles. The average Bonchev–Trinajstić information content (AvgIpc) is 2.71. The van der Waals surface area contributed by atoms with Crippen LogP contribution in [-0.2, 0) is 12.0 Å². The molecule has 29 heavy (non-hydrogen) atoms. The molecule has 1 aromatic heterocycles. The van der Waals surface area contributed by atoms with E-state index in [4.69, 9.17) is 9.47 Å². The molecule has 0 aliphatic rings.